The van der Waals surface area contributed by atoms with Crippen LogP contribution in [-0.4, -0.2) is 34.9 Å². The van der Waals surface area contributed by atoms with Gasteiger partial charge in [-0.05, 0) is 32.1 Å². The predicted octanol–water partition coefficient (Wildman–Crippen LogP) is 15.6. The maximum atomic E-state index is 12.4. The van der Waals surface area contributed by atoms with Crippen LogP contribution in [-0.2, 0) is 4.79 Å². The first-order valence-electron chi connectivity index (χ1n) is 24.6. The van der Waals surface area contributed by atoms with Gasteiger partial charge in [0, 0.05) is 6.42 Å². The van der Waals surface area contributed by atoms with Gasteiger partial charge < -0.3 is 15.5 Å². The number of amides is 1. The molecule has 2 unspecified atom stereocenters. The lowest BCUT2D eigenvalue weighted by Crippen LogP contribution is -2.45. The Labute approximate surface area is 339 Å². The van der Waals surface area contributed by atoms with Gasteiger partial charge >= 0.3 is 0 Å². The molecule has 320 valence electrons. The molecule has 0 aliphatic rings. The van der Waals surface area contributed by atoms with Gasteiger partial charge in [-0.1, -0.05) is 256 Å². The lowest BCUT2D eigenvalue weighted by Gasteiger charge is -2.19. The smallest absolute Gasteiger partial charge is 0.220 e. The summed E-state index contributed by atoms with van der Waals surface area (Å²) in [5, 5.41) is 23.1. The van der Waals surface area contributed by atoms with Crippen LogP contribution >= 0.6 is 0 Å². The van der Waals surface area contributed by atoms with Gasteiger partial charge in [0.15, 0.2) is 0 Å². The van der Waals surface area contributed by atoms with Crippen molar-refractivity contribution in [3.8, 4) is 0 Å². The summed E-state index contributed by atoms with van der Waals surface area (Å²) < 4.78 is 0. The van der Waals surface area contributed by atoms with E-state index in [0.29, 0.717) is 6.42 Å². The summed E-state index contributed by atoms with van der Waals surface area (Å²) in [4.78, 5) is 12.4. The number of aliphatic hydroxyl groups is 2. The Bertz CT molecular complexity index is 780. The van der Waals surface area contributed by atoms with Crippen molar-refractivity contribution in [2.75, 3.05) is 6.61 Å². The highest BCUT2D eigenvalue weighted by Crippen LogP contribution is 2.16. The van der Waals surface area contributed by atoms with E-state index in [2.05, 4.69) is 31.3 Å². The van der Waals surface area contributed by atoms with Gasteiger partial charge in [0.1, 0.15) is 0 Å². The molecule has 1 amide bonds. The minimum absolute atomic E-state index is 0.0687. The molecule has 3 N–H and O–H groups in total. The van der Waals surface area contributed by atoms with Crippen molar-refractivity contribution < 1.29 is 15.0 Å². The van der Waals surface area contributed by atoms with Crippen LogP contribution < -0.4 is 5.32 Å². The summed E-state index contributed by atoms with van der Waals surface area (Å²) in [6.07, 6.45) is 60.2. The van der Waals surface area contributed by atoms with Crippen LogP contribution in [0.4, 0.5) is 0 Å². The van der Waals surface area contributed by atoms with E-state index in [9.17, 15) is 15.0 Å². The second-order valence-corrected chi connectivity index (χ2v) is 16.9. The number of hydrogen-bond acceptors (Lipinski definition) is 3. The van der Waals surface area contributed by atoms with E-state index in [1.54, 1.807) is 6.08 Å². The molecule has 2 atom stereocenters. The Balaban J connectivity index is 3.54. The standard InChI is InChI=1S/C50H97NO3/c1-3-5-7-9-11-13-15-17-19-21-23-24-25-26-28-29-31-33-35-37-39-41-43-45-49(53)48(47-52)51-50(54)46-44-42-40-38-36-34-32-30-27-22-20-18-16-14-12-10-8-6-4-2/h35,37,43,45,48-49,52-53H,3-34,36,38-42,44,46-47H2,1-2H3,(H,51,54)/b37-35+,45-43+. The number of unbranched alkanes of at least 4 members (excludes halogenated alkanes) is 36. The number of nitrogens with one attached hydrogen (secondary N) is 1. The molecule has 0 radical (unpaired) electrons. The molecule has 0 rings (SSSR count). The number of allylic oxidation sites excluding steroid dienone is 3. The Kier molecular flexibility index (Phi) is 45.3. The fraction of sp³-hybridized carbons (Fsp3) is 0.900. The van der Waals surface area contributed by atoms with Crippen molar-refractivity contribution in [1.82, 2.24) is 5.32 Å². The molecule has 0 aliphatic heterocycles. The molecule has 0 aromatic heterocycles. The Morgan fingerprint density at radius 2 is 0.722 bits per heavy atom. The van der Waals surface area contributed by atoms with E-state index in [0.717, 1.165) is 32.1 Å². The fourth-order valence-corrected chi connectivity index (χ4v) is 7.67. The molecule has 4 nitrogen and oxygen atoms in total. The van der Waals surface area contributed by atoms with E-state index in [-0.39, 0.29) is 12.5 Å². The van der Waals surface area contributed by atoms with Crippen molar-refractivity contribution >= 4 is 5.91 Å². The topological polar surface area (TPSA) is 69.6 Å². The summed E-state index contributed by atoms with van der Waals surface area (Å²) in [5.74, 6) is -0.0687. The number of hydrogen-bond donors (Lipinski definition) is 3. The Morgan fingerprint density at radius 3 is 1.07 bits per heavy atom. The average Bonchev–Trinajstić information content (AvgIpc) is 3.18. The molecule has 0 fully saturated rings. The van der Waals surface area contributed by atoms with Crippen LogP contribution in [0.1, 0.15) is 271 Å². The molecule has 0 aromatic rings. The summed E-state index contributed by atoms with van der Waals surface area (Å²) in [6, 6.07) is -0.635. The van der Waals surface area contributed by atoms with E-state index in [1.807, 2.05) is 6.08 Å². The van der Waals surface area contributed by atoms with Crippen molar-refractivity contribution in [3.63, 3.8) is 0 Å². The van der Waals surface area contributed by atoms with Gasteiger partial charge in [-0.3, -0.25) is 4.79 Å². The summed E-state index contributed by atoms with van der Waals surface area (Å²) in [5.41, 5.74) is 0. The zero-order valence-corrected chi connectivity index (χ0v) is 36.8. The molecular formula is C50H97NO3. The fourth-order valence-electron chi connectivity index (χ4n) is 7.67. The van der Waals surface area contributed by atoms with Crippen LogP contribution in [0.25, 0.3) is 0 Å². The van der Waals surface area contributed by atoms with E-state index >= 15 is 0 Å². The zero-order chi connectivity index (χ0) is 39.3. The van der Waals surface area contributed by atoms with Crippen LogP contribution in [0, 0.1) is 0 Å². The zero-order valence-electron chi connectivity index (χ0n) is 36.8. The second-order valence-electron chi connectivity index (χ2n) is 16.9. The van der Waals surface area contributed by atoms with E-state index < -0.39 is 12.1 Å². The third-order valence-electron chi connectivity index (χ3n) is 11.4. The SMILES string of the molecule is CCCCCCCCCCCCCCCCCCC/C=C/CC/C=C/C(O)C(CO)NC(=O)CCCCCCCCCCCCCCCCCCCCC. The second kappa shape index (κ2) is 46.3. The highest BCUT2D eigenvalue weighted by molar-refractivity contribution is 5.76. The average molecular weight is 760 g/mol. The largest absolute Gasteiger partial charge is 0.394 e. The Morgan fingerprint density at radius 1 is 0.426 bits per heavy atom. The number of carbonyl (C=O) groups is 1. The highest BCUT2D eigenvalue weighted by Gasteiger charge is 2.17. The number of carbonyl (C=O) groups excluding carboxylic acids is 1. The minimum atomic E-state index is -0.858. The number of rotatable bonds is 45. The van der Waals surface area contributed by atoms with Crippen molar-refractivity contribution in [2.45, 2.75) is 283 Å². The third kappa shape index (κ3) is 42.0. The predicted molar refractivity (Wildman–Crippen MR) is 239 cm³/mol. The van der Waals surface area contributed by atoms with Crippen LogP contribution in [0.2, 0.25) is 0 Å². The van der Waals surface area contributed by atoms with Gasteiger partial charge in [-0.25, -0.2) is 0 Å². The van der Waals surface area contributed by atoms with E-state index in [1.165, 1.54) is 218 Å². The van der Waals surface area contributed by atoms with Crippen LogP contribution in [0.5, 0.6) is 0 Å². The molecule has 0 aromatic carbocycles. The number of aliphatic hydroxyl groups excluding tert-OH is 2. The van der Waals surface area contributed by atoms with Crippen LogP contribution in [0.3, 0.4) is 0 Å². The molecule has 0 heterocycles. The third-order valence-corrected chi connectivity index (χ3v) is 11.4. The maximum absolute atomic E-state index is 12.4. The van der Waals surface area contributed by atoms with E-state index in [4.69, 9.17) is 0 Å². The molecule has 54 heavy (non-hydrogen) atoms. The first kappa shape index (κ1) is 52.9. The maximum Gasteiger partial charge on any atom is 0.220 e. The molecule has 4 heteroatoms. The van der Waals surface area contributed by atoms with Crippen molar-refractivity contribution in [3.05, 3.63) is 24.3 Å². The van der Waals surface area contributed by atoms with Gasteiger partial charge in [0.2, 0.25) is 5.91 Å². The monoisotopic (exact) mass is 760 g/mol. The lowest BCUT2D eigenvalue weighted by atomic mass is 10.0. The van der Waals surface area contributed by atoms with Crippen molar-refractivity contribution in [2.24, 2.45) is 0 Å². The highest BCUT2D eigenvalue weighted by atomic mass is 16.3. The molecular weight excluding hydrogens is 663 g/mol. The molecule has 0 bridgehead atoms. The Hall–Kier alpha value is -1.13. The first-order chi connectivity index (χ1) is 26.7. The quantitative estimate of drug-likeness (QED) is 0.0428. The van der Waals surface area contributed by atoms with Gasteiger partial charge in [-0.15, -0.1) is 0 Å². The summed E-state index contributed by atoms with van der Waals surface area (Å²) in [7, 11) is 0. The molecule has 0 saturated carbocycles. The van der Waals surface area contributed by atoms with Gasteiger partial charge in [-0.2, -0.15) is 0 Å². The van der Waals surface area contributed by atoms with Gasteiger partial charge in [0.05, 0.1) is 18.8 Å². The molecule has 0 saturated heterocycles. The molecule has 0 aliphatic carbocycles. The van der Waals surface area contributed by atoms with Crippen LogP contribution in [0.15, 0.2) is 24.3 Å². The van der Waals surface area contributed by atoms with Gasteiger partial charge in [0.25, 0.3) is 0 Å². The molecule has 0 spiro atoms. The summed E-state index contributed by atoms with van der Waals surface area (Å²) in [6.45, 7) is 4.33. The normalized spacial score (nSPS) is 13.0. The minimum Gasteiger partial charge on any atom is -0.394 e. The lowest BCUT2D eigenvalue weighted by molar-refractivity contribution is -0.123. The first-order valence-corrected chi connectivity index (χ1v) is 24.6. The van der Waals surface area contributed by atoms with Crippen molar-refractivity contribution in [1.29, 1.82) is 0 Å². The summed E-state index contributed by atoms with van der Waals surface area (Å²) >= 11 is 0.